The van der Waals surface area contributed by atoms with E-state index in [4.69, 9.17) is 0 Å². The van der Waals surface area contributed by atoms with E-state index in [1.807, 2.05) is 19.1 Å². The van der Waals surface area contributed by atoms with Crippen molar-refractivity contribution in [3.63, 3.8) is 0 Å². The zero-order valence-electron chi connectivity index (χ0n) is 9.08. The Balaban J connectivity index is 2.38. The fraction of sp³-hybridized carbons (Fsp3) is 0.455. The van der Waals surface area contributed by atoms with E-state index in [2.05, 4.69) is 10.3 Å². The predicted octanol–water partition coefficient (Wildman–Crippen LogP) is 1.48. The summed E-state index contributed by atoms with van der Waals surface area (Å²) >= 11 is 0. The molecule has 0 atom stereocenters. The third-order valence-electron chi connectivity index (χ3n) is 2.63. The number of amides is 2. The maximum Gasteiger partial charge on any atom is 0.321 e. The third-order valence-corrected chi connectivity index (χ3v) is 2.63. The Kier molecular flexibility index (Phi) is 2.58. The highest BCUT2D eigenvalue weighted by molar-refractivity contribution is 5.92. The molecule has 1 aromatic heterocycles. The number of carbonyl (C=O) groups excluding carboxylic acids is 1. The number of hydrogen-bond acceptors (Lipinski definition) is 2. The van der Waals surface area contributed by atoms with E-state index in [9.17, 15) is 4.79 Å². The fourth-order valence-corrected chi connectivity index (χ4v) is 1.90. The first kappa shape index (κ1) is 9.96. The van der Waals surface area contributed by atoms with Gasteiger partial charge in [0.05, 0.1) is 11.4 Å². The number of pyridine rings is 1. The van der Waals surface area contributed by atoms with Crippen molar-refractivity contribution >= 4 is 11.7 Å². The second kappa shape index (κ2) is 3.88. The molecule has 1 aliphatic heterocycles. The first-order valence-electron chi connectivity index (χ1n) is 5.18. The summed E-state index contributed by atoms with van der Waals surface area (Å²) in [6.07, 6.45) is 1.95. The summed E-state index contributed by atoms with van der Waals surface area (Å²) in [5, 5.41) is 2.65. The number of anilines is 1. The van der Waals surface area contributed by atoms with Crippen LogP contribution in [0.15, 0.2) is 12.1 Å². The number of aromatic nitrogens is 1. The highest BCUT2D eigenvalue weighted by atomic mass is 16.2. The minimum absolute atomic E-state index is 0.0541. The van der Waals surface area contributed by atoms with Crippen LogP contribution in [0.2, 0.25) is 0 Å². The number of urea groups is 1. The Bertz CT molecular complexity index is 389. The van der Waals surface area contributed by atoms with Gasteiger partial charge in [-0.05, 0) is 31.9 Å². The fourth-order valence-electron chi connectivity index (χ4n) is 1.90. The lowest BCUT2D eigenvalue weighted by Crippen LogP contribution is -2.41. The van der Waals surface area contributed by atoms with Crippen molar-refractivity contribution in [2.24, 2.45) is 0 Å². The average Bonchev–Trinajstić information content (AvgIpc) is 2.26. The monoisotopic (exact) mass is 205 g/mol. The van der Waals surface area contributed by atoms with E-state index in [-0.39, 0.29) is 6.03 Å². The van der Waals surface area contributed by atoms with E-state index >= 15 is 0 Å². The minimum atomic E-state index is -0.0541. The Hall–Kier alpha value is -1.58. The lowest BCUT2D eigenvalue weighted by molar-refractivity contribution is 0.247. The normalized spacial score (nSPS) is 14.7. The number of carbonyl (C=O) groups is 1. The van der Waals surface area contributed by atoms with E-state index in [0.29, 0.717) is 0 Å². The number of hydrogen-bond donors (Lipinski definition) is 1. The van der Waals surface area contributed by atoms with Crippen LogP contribution in [0.1, 0.15) is 17.8 Å². The Labute approximate surface area is 89.3 Å². The molecule has 0 spiro atoms. The second-order valence-corrected chi connectivity index (χ2v) is 3.73. The molecule has 0 saturated carbocycles. The molecule has 1 N–H and O–H groups in total. The highest BCUT2D eigenvalue weighted by Crippen LogP contribution is 2.25. The average molecular weight is 205 g/mol. The van der Waals surface area contributed by atoms with Crippen LogP contribution < -0.4 is 10.2 Å². The number of rotatable bonds is 0. The summed E-state index contributed by atoms with van der Waals surface area (Å²) < 4.78 is 0. The zero-order chi connectivity index (χ0) is 10.8. The molecule has 0 radical (unpaired) electrons. The molecule has 2 rings (SSSR count). The summed E-state index contributed by atoms with van der Waals surface area (Å²) in [6.45, 7) is 2.75. The molecule has 2 amide bonds. The molecule has 1 aliphatic rings. The van der Waals surface area contributed by atoms with E-state index in [1.54, 1.807) is 11.9 Å². The van der Waals surface area contributed by atoms with Gasteiger partial charge in [0.1, 0.15) is 0 Å². The summed E-state index contributed by atoms with van der Waals surface area (Å²) in [6, 6.07) is 3.87. The molecular formula is C11H15N3O. The van der Waals surface area contributed by atoms with Gasteiger partial charge in [-0.15, -0.1) is 0 Å². The third kappa shape index (κ3) is 1.79. The van der Waals surface area contributed by atoms with Crippen LogP contribution >= 0.6 is 0 Å². The van der Waals surface area contributed by atoms with Crippen molar-refractivity contribution < 1.29 is 4.79 Å². The molecule has 80 valence electrons. The van der Waals surface area contributed by atoms with Crippen molar-refractivity contribution in [1.29, 1.82) is 0 Å². The van der Waals surface area contributed by atoms with Crippen LogP contribution in [0.3, 0.4) is 0 Å². The van der Waals surface area contributed by atoms with Gasteiger partial charge in [0.25, 0.3) is 0 Å². The van der Waals surface area contributed by atoms with Crippen molar-refractivity contribution in [1.82, 2.24) is 10.3 Å². The standard InChI is InChI=1S/C11H15N3O/c1-8-5-6-10-9(13-8)4-3-7-14(10)11(15)12-2/h5-6H,3-4,7H2,1-2H3,(H,12,15). The molecule has 0 bridgehead atoms. The molecule has 0 saturated heterocycles. The number of aryl methyl sites for hydroxylation is 2. The minimum Gasteiger partial charge on any atom is -0.341 e. The summed E-state index contributed by atoms with van der Waals surface area (Å²) in [5.74, 6) is 0. The molecule has 2 heterocycles. The number of nitrogens with zero attached hydrogens (tertiary/aromatic N) is 2. The van der Waals surface area contributed by atoms with Crippen molar-refractivity contribution in [2.45, 2.75) is 19.8 Å². The van der Waals surface area contributed by atoms with Gasteiger partial charge in [-0.2, -0.15) is 0 Å². The van der Waals surface area contributed by atoms with Crippen LogP contribution in [0.5, 0.6) is 0 Å². The Morgan fingerprint density at radius 2 is 2.33 bits per heavy atom. The Morgan fingerprint density at radius 1 is 1.53 bits per heavy atom. The van der Waals surface area contributed by atoms with Gasteiger partial charge in [-0.1, -0.05) is 0 Å². The predicted molar refractivity (Wildman–Crippen MR) is 59.1 cm³/mol. The molecular weight excluding hydrogens is 190 g/mol. The van der Waals surface area contributed by atoms with Gasteiger partial charge in [0, 0.05) is 19.3 Å². The van der Waals surface area contributed by atoms with Crippen LogP contribution in [-0.2, 0) is 6.42 Å². The van der Waals surface area contributed by atoms with Gasteiger partial charge in [-0.25, -0.2) is 4.79 Å². The number of fused-ring (bicyclic) bond motifs is 1. The van der Waals surface area contributed by atoms with Crippen LogP contribution in [-0.4, -0.2) is 24.6 Å². The van der Waals surface area contributed by atoms with Crippen molar-refractivity contribution in [3.8, 4) is 0 Å². The molecule has 0 aromatic carbocycles. The van der Waals surface area contributed by atoms with Gasteiger partial charge >= 0.3 is 6.03 Å². The largest absolute Gasteiger partial charge is 0.341 e. The molecule has 0 fully saturated rings. The summed E-state index contributed by atoms with van der Waals surface area (Å²) in [5.41, 5.74) is 2.99. The smallest absolute Gasteiger partial charge is 0.321 e. The topological polar surface area (TPSA) is 45.2 Å². The van der Waals surface area contributed by atoms with Gasteiger partial charge < -0.3 is 5.32 Å². The molecule has 4 nitrogen and oxygen atoms in total. The van der Waals surface area contributed by atoms with E-state index in [0.717, 1.165) is 36.5 Å². The molecule has 15 heavy (non-hydrogen) atoms. The van der Waals surface area contributed by atoms with Gasteiger partial charge in [0.15, 0.2) is 0 Å². The van der Waals surface area contributed by atoms with Crippen LogP contribution in [0, 0.1) is 6.92 Å². The maximum atomic E-state index is 11.6. The highest BCUT2D eigenvalue weighted by Gasteiger charge is 2.22. The second-order valence-electron chi connectivity index (χ2n) is 3.73. The summed E-state index contributed by atoms with van der Waals surface area (Å²) in [4.78, 5) is 17.8. The molecule has 1 aromatic rings. The van der Waals surface area contributed by atoms with Crippen LogP contribution in [0.25, 0.3) is 0 Å². The SMILES string of the molecule is CNC(=O)N1CCCc2nc(C)ccc21. The van der Waals surface area contributed by atoms with Crippen LogP contribution in [0.4, 0.5) is 10.5 Å². The maximum absolute atomic E-state index is 11.6. The first-order chi connectivity index (χ1) is 7.22. The lowest BCUT2D eigenvalue weighted by Gasteiger charge is -2.28. The number of nitrogens with one attached hydrogen (secondary N) is 1. The van der Waals surface area contributed by atoms with Crippen molar-refractivity contribution in [3.05, 3.63) is 23.5 Å². The molecule has 0 unspecified atom stereocenters. The molecule has 4 heteroatoms. The molecule has 0 aliphatic carbocycles. The summed E-state index contributed by atoms with van der Waals surface area (Å²) in [7, 11) is 1.65. The lowest BCUT2D eigenvalue weighted by atomic mass is 10.1. The first-order valence-corrected chi connectivity index (χ1v) is 5.18. The zero-order valence-corrected chi connectivity index (χ0v) is 9.08. The van der Waals surface area contributed by atoms with Crippen molar-refractivity contribution in [2.75, 3.05) is 18.5 Å². The van der Waals surface area contributed by atoms with E-state index < -0.39 is 0 Å². The Morgan fingerprint density at radius 3 is 3.07 bits per heavy atom. The van der Waals surface area contributed by atoms with Gasteiger partial charge in [0.2, 0.25) is 0 Å². The van der Waals surface area contributed by atoms with E-state index in [1.165, 1.54) is 0 Å². The van der Waals surface area contributed by atoms with Gasteiger partial charge in [-0.3, -0.25) is 9.88 Å². The quantitative estimate of drug-likeness (QED) is 0.697.